The maximum absolute atomic E-state index is 12.1. The van der Waals surface area contributed by atoms with Crippen molar-refractivity contribution in [1.82, 2.24) is 4.98 Å². The zero-order valence-corrected chi connectivity index (χ0v) is 13.3. The summed E-state index contributed by atoms with van der Waals surface area (Å²) >= 11 is 3.02. The third-order valence-electron chi connectivity index (χ3n) is 2.71. The van der Waals surface area contributed by atoms with Gasteiger partial charge in [-0.15, -0.1) is 11.3 Å². The van der Waals surface area contributed by atoms with Gasteiger partial charge in [-0.3, -0.25) is 4.79 Å². The first-order chi connectivity index (χ1) is 9.56. The predicted molar refractivity (Wildman–Crippen MR) is 86.8 cm³/mol. The maximum Gasteiger partial charge on any atom is 0.237 e. The molecular formula is C14H17N3OS2. The molecule has 1 amide bonds. The fourth-order valence-corrected chi connectivity index (χ4v) is 3.33. The molecule has 0 aliphatic heterocycles. The first-order valence-corrected chi connectivity index (χ1v) is 7.96. The minimum absolute atomic E-state index is 0.0113. The molecule has 0 spiro atoms. The second-order valence-corrected chi connectivity index (χ2v) is 6.97. The molecule has 0 radical (unpaired) electrons. The van der Waals surface area contributed by atoms with Gasteiger partial charge >= 0.3 is 0 Å². The Bertz CT molecular complexity index is 552. The van der Waals surface area contributed by atoms with Crippen LogP contribution in [0.25, 0.3) is 0 Å². The van der Waals surface area contributed by atoms with Gasteiger partial charge in [0.2, 0.25) is 5.91 Å². The van der Waals surface area contributed by atoms with Crippen LogP contribution in [-0.4, -0.2) is 30.2 Å². The van der Waals surface area contributed by atoms with E-state index in [1.807, 2.05) is 55.6 Å². The van der Waals surface area contributed by atoms with Gasteiger partial charge in [-0.2, -0.15) is 0 Å². The molecular weight excluding hydrogens is 290 g/mol. The summed E-state index contributed by atoms with van der Waals surface area (Å²) in [5.41, 5.74) is 1.92. The zero-order chi connectivity index (χ0) is 14.5. The number of thioether (sulfide) groups is 1. The van der Waals surface area contributed by atoms with Crippen molar-refractivity contribution in [2.24, 2.45) is 0 Å². The van der Waals surface area contributed by atoms with Crippen LogP contribution < -0.4 is 10.2 Å². The molecule has 2 rings (SSSR count). The Morgan fingerprint density at radius 3 is 2.60 bits per heavy atom. The Morgan fingerprint density at radius 1 is 1.35 bits per heavy atom. The molecule has 0 aliphatic carbocycles. The Morgan fingerprint density at radius 2 is 2.05 bits per heavy atom. The van der Waals surface area contributed by atoms with Crippen molar-refractivity contribution < 1.29 is 4.79 Å². The van der Waals surface area contributed by atoms with Crippen molar-refractivity contribution in [2.45, 2.75) is 16.5 Å². The van der Waals surface area contributed by atoms with E-state index in [2.05, 4.69) is 10.3 Å². The van der Waals surface area contributed by atoms with Crippen LogP contribution in [-0.2, 0) is 4.79 Å². The van der Waals surface area contributed by atoms with E-state index in [0.717, 1.165) is 15.7 Å². The van der Waals surface area contributed by atoms with E-state index in [1.54, 1.807) is 17.5 Å². The molecule has 1 atom stereocenters. The molecule has 1 aromatic carbocycles. The molecule has 0 saturated heterocycles. The number of carbonyl (C=O) groups is 1. The Balaban J connectivity index is 1.93. The number of hydrogen-bond donors (Lipinski definition) is 1. The van der Waals surface area contributed by atoms with Crippen molar-refractivity contribution in [3.63, 3.8) is 0 Å². The van der Waals surface area contributed by atoms with Crippen LogP contribution in [0.2, 0.25) is 0 Å². The van der Waals surface area contributed by atoms with Crippen LogP contribution in [0, 0.1) is 0 Å². The third kappa shape index (κ3) is 3.98. The van der Waals surface area contributed by atoms with Crippen molar-refractivity contribution in [1.29, 1.82) is 0 Å². The molecule has 20 heavy (non-hydrogen) atoms. The summed E-state index contributed by atoms with van der Waals surface area (Å²) in [5.74, 6) is -0.0113. The van der Waals surface area contributed by atoms with E-state index < -0.39 is 0 Å². The van der Waals surface area contributed by atoms with Gasteiger partial charge in [-0.25, -0.2) is 4.98 Å². The lowest BCUT2D eigenvalue weighted by atomic mass is 10.2. The van der Waals surface area contributed by atoms with Crippen molar-refractivity contribution in [2.75, 3.05) is 24.3 Å². The highest BCUT2D eigenvalue weighted by atomic mass is 32.2. The Hall–Kier alpha value is -1.53. The summed E-state index contributed by atoms with van der Waals surface area (Å²) in [6.45, 7) is 1.88. The largest absolute Gasteiger partial charge is 0.378 e. The summed E-state index contributed by atoms with van der Waals surface area (Å²) in [4.78, 5) is 18.3. The predicted octanol–water partition coefficient (Wildman–Crippen LogP) is 3.33. The number of aromatic nitrogens is 1. The maximum atomic E-state index is 12.1. The van der Waals surface area contributed by atoms with E-state index in [-0.39, 0.29) is 11.2 Å². The number of benzene rings is 1. The standard InChI is InChI=1S/C14H17N3OS2/c1-10(20-14-15-8-9-19-14)13(18)16-11-4-6-12(7-5-11)17(2)3/h4-10H,1-3H3,(H,16,18). The lowest BCUT2D eigenvalue weighted by Crippen LogP contribution is -2.22. The summed E-state index contributed by atoms with van der Waals surface area (Å²) in [6, 6.07) is 7.78. The first kappa shape index (κ1) is 14.9. The molecule has 0 aliphatic rings. The third-order valence-corrected chi connectivity index (χ3v) is 4.72. The van der Waals surface area contributed by atoms with Gasteiger partial charge < -0.3 is 10.2 Å². The average Bonchev–Trinajstić information content (AvgIpc) is 2.92. The SMILES string of the molecule is CC(Sc1nccs1)C(=O)Nc1ccc(N(C)C)cc1. The molecule has 0 saturated carbocycles. The van der Waals surface area contributed by atoms with Gasteiger partial charge in [0, 0.05) is 37.0 Å². The summed E-state index contributed by atoms with van der Waals surface area (Å²) in [6.07, 6.45) is 1.75. The monoisotopic (exact) mass is 307 g/mol. The summed E-state index contributed by atoms with van der Waals surface area (Å²) in [7, 11) is 3.97. The molecule has 1 N–H and O–H groups in total. The summed E-state index contributed by atoms with van der Waals surface area (Å²) in [5, 5.41) is 4.66. The minimum Gasteiger partial charge on any atom is -0.378 e. The number of amides is 1. The lowest BCUT2D eigenvalue weighted by molar-refractivity contribution is -0.115. The quantitative estimate of drug-likeness (QED) is 0.861. The number of nitrogens with zero attached hydrogens (tertiary/aromatic N) is 2. The van der Waals surface area contributed by atoms with Crippen molar-refractivity contribution in [3.05, 3.63) is 35.8 Å². The molecule has 1 unspecified atom stereocenters. The van der Waals surface area contributed by atoms with Crippen LogP contribution >= 0.6 is 23.1 Å². The van der Waals surface area contributed by atoms with Crippen LogP contribution in [0.15, 0.2) is 40.2 Å². The highest BCUT2D eigenvalue weighted by molar-refractivity contribution is 8.02. The smallest absolute Gasteiger partial charge is 0.237 e. The molecule has 4 nitrogen and oxygen atoms in total. The van der Waals surface area contributed by atoms with Gasteiger partial charge in [0.1, 0.15) is 0 Å². The first-order valence-electron chi connectivity index (χ1n) is 6.20. The number of anilines is 2. The normalized spacial score (nSPS) is 11.9. The number of thiazole rings is 1. The number of rotatable bonds is 5. The van der Waals surface area contributed by atoms with Gasteiger partial charge in [-0.05, 0) is 31.2 Å². The lowest BCUT2D eigenvalue weighted by Gasteiger charge is -2.14. The van der Waals surface area contributed by atoms with Gasteiger partial charge in [0.25, 0.3) is 0 Å². The van der Waals surface area contributed by atoms with Gasteiger partial charge in [0.15, 0.2) is 4.34 Å². The zero-order valence-electron chi connectivity index (χ0n) is 11.7. The minimum atomic E-state index is -0.172. The second-order valence-electron chi connectivity index (χ2n) is 4.49. The fourth-order valence-electron chi connectivity index (χ4n) is 1.56. The van der Waals surface area contributed by atoms with Crippen LogP contribution in [0.3, 0.4) is 0 Å². The molecule has 0 fully saturated rings. The van der Waals surface area contributed by atoms with E-state index in [9.17, 15) is 4.79 Å². The van der Waals surface area contributed by atoms with E-state index >= 15 is 0 Å². The van der Waals surface area contributed by atoms with E-state index in [0.29, 0.717) is 0 Å². The highest BCUT2D eigenvalue weighted by Crippen LogP contribution is 2.26. The fraction of sp³-hybridized carbons (Fsp3) is 0.286. The summed E-state index contributed by atoms with van der Waals surface area (Å²) < 4.78 is 0.913. The van der Waals surface area contributed by atoms with Gasteiger partial charge in [-0.1, -0.05) is 11.8 Å². The van der Waals surface area contributed by atoms with Crippen LogP contribution in [0.1, 0.15) is 6.92 Å². The molecule has 2 aromatic rings. The second kappa shape index (κ2) is 6.76. The average molecular weight is 307 g/mol. The number of hydrogen-bond acceptors (Lipinski definition) is 5. The van der Waals surface area contributed by atoms with Crippen molar-refractivity contribution in [3.8, 4) is 0 Å². The van der Waals surface area contributed by atoms with Crippen molar-refractivity contribution >= 4 is 40.4 Å². The molecule has 106 valence electrons. The van der Waals surface area contributed by atoms with E-state index in [4.69, 9.17) is 0 Å². The number of carbonyl (C=O) groups excluding carboxylic acids is 1. The van der Waals surface area contributed by atoms with E-state index in [1.165, 1.54) is 11.8 Å². The molecule has 0 bridgehead atoms. The molecule has 6 heteroatoms. The number of nitrogens with one attached hydrogen (secondary N) is 1. The van der Waals surface area contributed by atoms with Crippen LogP contribution in [0.4, 0.5) is 11.4 Å². The Labute approximate surface area is 127 Å². The van der Waals surface area contributed by atoms with Crippen LogP contribution in [0.5, 0.6) is 0 Å². The topological polar surface area (TPSA) is 45.2 Å². The van der Waals surface area contributed by atoms with Gasteiger partial charge in [0.05, 0.1) is 5.25 Å². The Kier molecular flexibility index (Phi) is 5.03. The molecule has 1 aromatic heterocycles. The molecule has 1 heterocycles. The highest BCUT2D eigenvalue weighted by Gasteiger charge is 2.15.